The first-order valence-corrected chi connectivity index (χ1v) is 7.89. The van der Waals surface area contributed by atoms with Crippen LogP contribution in [0.1, 0.15) is 13.3 Å². The summed E-state index contributed by atoms with van der Waals surface area (Å²) in [7, 11) is 1.65. The summed E-state index contributed by atoms with van der Waals surface area (Å²) >= 11 is 1.57. The third kappa shape index (κ3) is 3.67. The van der Waals surface area contributed by atoms with Gasteiger partial charge < -0.3 is 15.4 Å². The quantitative estimate of drug-likeness (QED) is 0.844. The second kappa shape index (κ2) is 6.99. The molecule has 0 aliphatic carbocycles. The third-order valence-corrected chi connectivity index (χ3v) is 4.73. The van der Waals surface area contributed by atoms with E-state index in [1.807, 2.05) is 29.2 Å². The molecule has 0 radical (unpaired) electrons. The van der Waals surface area contributed by atoms with Crippen molar-refractivity contribution in [2.75, 3.05) is 26.0 Å². The third-order valence-electron chi connectivity index (χ3n) is 3.74. The number of rotatable bonds is 5. The Balaban J connectivity index is 1.85. The van der Waals surface area contributed by atoms with E-state index in [1.165, 1.54) is 0 Å². The van der Waals surface area contributed by atoms with E-state index in [9.17, 15) is 4.79 Å². The normalized spacial score (nSPS) is 22.1. The number of likely N-dealkylation sites (tertiary alicyclic amines) is 1. The lowest BCUT2D eigenvalue weighted by Crippen LogP contribution is -2.35. The highest BCUT2D eigenvalue weighted by atomic mass is 32.2. The van der Waals surface area contributed by atoms with Gasteiger partial charge in [0, 0.05) is 17.5 Å². The fourth-order valence-electron chi connectivity index (χ4n) is 2.56. The first-order valence-electron chi connectivity index (χ1n) is 6.90. The van der Waals surface area contributed by atoms with E-state index in [0.717, 1.165) is 23.6 Å². The van der Waals surface area contributed by atoms with Crippen molar-refractivity contribution in [3.05, 3.63) is 24.3 Å². The first-order chi connectivity index (χ1) is 9.63. The molecule has 110 valence electrons. The van der Waals surface area contributed by atoms with Gasteiger partial charge in [-0.3, -0.25) is 4.79 Å². The van der Waals surface area contributed by atoms with E-state index < -0.39 is 0 Å². The van der Waals surface area contributed by atoms with Crippen LogP contribution in [0.2, 0.25) is 0 Å². The van der Waals surface area contributed by atoms with Crippen LogP contribution >= 0.6 is 11.8 Å². The molecule has 1 aromatic carbocycles. The number of nitrogens with zero attached hydrogens (tertiary/aromatic N) is 1. The average Bonchev–Trinajstić information content (AvgIpc) is 2.86. The molecule has 2 rings (SSSR count). The topological polar surface area (TPSA) is 55.6 Å². The second-order valence-electron chi connectivity index (χ2n) is 5.20. The number of methoxy groups -OCH3 is 1. The van der Waals surface area contributed by atoms with Gasteiger partial charge in [-0.1, -0.05) is 0 Å². The highest BCUT2D eigenvalue weighted by Crippen LogP contribution is 2.25. The summed E-state index contributed by atoms with van der Waals surface area (Å²) in [6.07, 6.45) is 1.02. The minimum Gasteiger partial charge on any atom is -0.497 e. The van der Waals surface area contributed by atoms with Gasteiger partial charge in [0.15, 0.2) is 0 Å². The van der Waals surface area contributed by atoms with Gasteiger partial charge >= 0.3 is 0 Å². The molecule has 0 spiro atoms. The van der Waals surface area contributed by atoms with Crippen LogP contribution in [-0.2, 0) is 4.79 Å². The molecule has 1 heterocycles. The summed E-state index contributed by atoms with van der Waals surface area (Å²) in [5, 5.41) is 0. The number of hydrogen-bond acceptors (Lipinski definition) is 4. The standard InChI is InChI=1S/C15H22N2O2S/c1-11-7-12(8-16)9-17(11)15(18)10-20-14-5-3-13(19-2)4-6-14/h3-6,11-12H,7-10,16H2,1-2H3. The number of ether oxygens (including phenoxy) is 1. The molecule has 1 saturated heterocycles. The minimum absolute atomic E-state index is 0.203. The summed E-state index contributed by atoms with van der Waals surface area (Å²) in [5.41, 5.74) is 5.70. The van der Waals surface area contributed by atoms with Crippen molar-refractivity contribution in [3.63, 3.8) is 0 Å². The van der Waals surface area contributed by atoms with Gasteiger partial charge in [-0.2, -0.15) is 0 Å². The van der Waals surface area contributed by atoms with E-state index >= 15 is 0 Å². The Morgan fingerprint density at radius 1 is 1.45 bits per heavy atom. The molecule has 2 N–H and O–H groups in total. The van der Waals surface area contributed by atoms with Crippen LogP contribution in [0.25, 0.3) is 0 Å². The number of nitrogens with two attached hydrogens (primary N) is 1. The van der Waals surface area contributed by atoms with Crippen LogP contribution in [0.15, 0.2) is 29.2 Å². The Kier molecular flexibility index (Phi) is 5.31. The van der Waals surface area contributed by atoms with E-state index in [4.69, 9.17) is 10.5 Å². The van der Waals surface area contributed by atoms with Crippen molar-refractivity contribution >= 4 is 17.7 Å². The zero-order chi connectivity index (χ0) is 14.5. The minimum atomic E-state index is 0.203. The van der Waals surface area contributed by atoms with Gasteiger partial charge in [0.1, 0.15) is 5.75 Å². The molecular formula is C15H22N2O2S. The zero-order valence-corrected chi connectivity index (χ0v) is 12.9. The maximum atomic E-state index is 12.3. The molecule has 0 bridgehead atoms. The van der Waals surface area contributed by atoms with Crippen LogP contribution in [0.4, 0.5) is 0 Å². The summed E-state index contributed by atoms with van der Waals surface area (Å²) in [4.78, 5) is 15.3. The lowest BCUT2D eigenvalue weighted by atomic mass is 10.1. The predicted molar refractivity (Wildman–Crippen MR) is 82.1 cm³/mol. The van der Waals surface area contributed by atoms with Crippen LogP contribution in [0.5, 0.6) is 5.75 Å². The van der Waals surface area contributed by atoms with Crippen LogP contribution in [0, 0.1) is 5.92 Å². The Bertz CT molecular complexity index is 450. The summed E-state index contributed by atoms with van der Waals surface area (Å²) in [6.45, 7) is 3.57. The molecule has 0 aromatic heterocycles. The predicted octanol–water partition coefficient (Wildman–Crippen LogP) is 1.98. The Morgan fingerprint density at radius 2 is 2.15 bits per heavy atom. The molecule has 1 amide bonds. The SMILES string of the molecule is COc1ccc(SCC(=O)N2CC(CN)CC2C)cc1. The lowest BCUT2D eigenvalue weighted by molar-refractivity contribution is -0.128. The van der Waals surface area contributed by atoms with Crippen molar-refractivity contribution in [1.29, 1.82) is 0 Å². The van der Waals surface area contributed by atoms with Crippen molar-refractivity contribution < 1.29 is 9.53 Å². The number of hydrogen-bond donors (Lipinski definition) is 1. The maximum Gasteiger partial charge on any atom is 0.233 e. The summed E-state index contributed by atoms with van der Waals surface area (Å²) in [6, 6.07) is 8.10. The Hall–Kier alpha value is -1.20. The molecular weight excluding hydrogens is 272 g/mol. The number of benzene rings is 1. The average molecular weight is 294 g/mol. The fraction of sp³-hybridized carbons (Fsp3) is 0.533. The molecule has 0 saturated carbocycles. The summed E-state index contributed by atoms with van der Waals surface area (Å²) < 4.78 is 5.12. The number of carbonyl (C=O) groups is 1. The number of thioether (sulfide) groups is 1. The molecule has 2 unspecified atom stereocenters. The number of amides is 1. The smallest absolute Gasteiger partial charge is 0.233 e. The van der Waals surface area contributed by atoms with Gasteiger partial charge in [-0.05, 0) is 50.1 Å². The Labute approximate surface area is 124 Å². The zero-order valence-electron chi connectivity index (χ0n) is 12.0. The number of carbonyl (C=O) groups excluding carboxylic acids is 1. The lowest BCUT2D eigenvalue weighted by Gasteiger charge is -2.21. The van der Waals surface area contributed by atoms with Crippen molar-refractivity contribution in [3.8, 4) is 5.75 Å². The molecule has 1 fully saturated rings. The maximum absolute atomic E-state index is 12.3. The molecule has 5 heteroatoms. The van der Waals surface area contributed by atoms with Gasteiger partial charge in [-0.15, -0.1) is 11.8 Å². The van der Waals surface area contributed by atoms with E-state index in [2.05, 4.69) is 6.92 Å². The highest BCUT2D eigenvalue weighted by Gasteiger charge is 2.31. The molecule has 1 aliphatic heterocycles. The van der Waals surface area contributed by atoms with Crippen molar-refractivity contribution in [2.24, 2.45) is 11.7 Å². The van der Waals surface area contributed by atoms with Crippen LogP contribution in [0.3, 0.4) is 0 Å². The Morgan fingerprint density at radius 3 is 2.70 bits per heavy atom. The van der Waals surface area contributed by atoms with E-state index in [1.54, 1.807) is 18.9 Å². The monoisotopic (exact) mass is 294 g/mol. The van der Waals surface area contributed by atoms with Crippen LogP contribution < -0.4 is 10.5 Å². The molecule has 1 aromatic rings. The highest BCUT2D eigenvalue weighted by molar-refractivity contribution is 8.00. The van der Waals surface area contributed by atoms with Crippen LogP contribution in [-0.4, -0.2) is 42.8 Å². The van der Waals surface area contributed by atoms with Gasteiger partial charge in [0.05, 0.1) is 12.9 Å². The largest absolute Gasteiger partial charge is 0.497 e. The first kappa shape index (κ1) is 15.2. The van der Waals surface area contributed by atoms with Gasteiger partial charge in [0.25, 0.3) is 0 Å². The second-order valence-corrected chi connectivity index (χ2v) is 6.25. The molecule has 2 atom stereocenters. The molecule has 1 aliphatic rings. The van der Waals surface area contributed by atoms with E-state index in [0.29, 0.717) is 24.3 Å². The van der Waals surface area contributed by atoms with Gasteiger partial charge in [0.2, 0.25) is 5.91 Å². The summed E-state index contributed by atoms with van der Waals surface area (Å²) in [5.74, 6) is 1.97. The van der Waals surface area contributed by atoms with E-state index in [-0.39, 0.29) is 5.91 Å². The molecule has 4 nitrogen and oxygen atoms in total. The fourth-order valence-corrected chi connectivity index (χ4v) is 3.35. The van der Waals surface area contributed by atoms with Gasteiger partial charge in [-0.25, -0.2) is 0 Å². The molecule has 20 heavy (non-hydrogen) atoms. The van der Waals surface area contributed by atoms with Crippen molar-refractivity contribution in [1.82, 2.24) is 4.90 Å². The van der Waals surface area contributed by atoms with Crippen molar-refractivity contribution in [2.45, 2.75) is 24.3 Å².